The summed E-state index contributed by atoms with van der Waals surface area (Å²) in [5.74, 6) is 0.930. The maximum absolute atomic E-state index is 12.8. The molecule has 3 aromatic rings. The number of benzene rings is 1. The smallest absolute Gasteiger partial charge is 0.290 e. The van der Waals surface area contributed by atoms with E-state index in [-0.39, 0.29) is 5.56 Å². The molecule has 0 aliphatic carbocycles. The Labute approximate surface area is 196 Å². The van der Waals surface area contributed by atoms with Gasteiger partial charge in [-0.3, -0.25) is 4.79 Å². The zero-order chi connectivity index (χ0) is 22.0. The first-order valence-corrected chi connectivity index (χ1v) is 14.7. The molecule has 2 aromatic heterocycles. The predicted molar refractivity (Wildman–Crippen MR) is 134 cm³/mol. The van der Waals surface area contributed by atoms with Gasteiger partial charge in [0.2, 0.25) is 0 Å². The number of aryl methyl sites for hydroxylation is 2. The Hall–Kier alpha value is -1.71. The van der Waals surface area contributed by atoms with Crippen molar-refractivity contribution < 1.29 is 9.47 Å². The molecule has 166 valence electrons. The van der Waals surface area contributed by atoms with Gasteiger partial charge in [-0.1, -0.05) is 13.8 Å². The van der Waals surface area contributed by atoms with E-state index in [1.54, 1.807) is 7.05 Å². The number of aromatic nitrogens is 4. The average molecular weight is 555 g/mol. The molecule has 1 aromatic carbocycles. The summed E-state index contributed by atoms with van der Waals surface area (Å²) in [6.45, 7) is 7.39. The molecule has 1 unspecified atom stereocenters. The lowest BCUT2D eigenvalue weighted by molar-refractivity contribution is 0.122. The number of ether oxygens (including phenoxy) is 2. The highest BCUT2D eigenvalue weighted by molar-refractivity contribution is 14.2. The molecule has 0 spiro atoms. The van der Waals surface area contributed by atoms with Crippen LogP contribution in [0, 0.1) is 0 Å². The van der Waals surface area contributed by atoms with E-state index in [0.29, 0.717) is 44.1 Å². The third-order valence-corrected chi connectivity index (χ3v) is 7.33. The van der Waals surface area contributed by atoms with Crippen molar-refractivity contribution in [3.63, 3.8) is 0 Å². The first-order chi connectivity index (χ1) is 15.2. The molecule has 10 heteroatoms. The van der Waals surface area contributed by atoms with Gasteiger partial charge in [-0.15, -0.1) is 0 Å². The summed E-state index contributed by atoms with van der Waals surface area (Å²) in [5.41, 5.74) is 4.36. The molecular weight excluding hydrogens is 528 g/mol. The minimum Gasteiger partial charge on any atom is -0.493 e. The zero-order valence-corrected chi connectivity index (χ0v) is 21.2. The van der Waals surface area contributed by atoms with E-state index < -0.39 is 0 Å². The Morgan fingerprint density at radius 3 is 2.65 bits per heavy atom. The fourth-order valence-electron chi connectivity index (χ4n) is 4.06. The molecule has 2 aliphatic rings. The van der Waals surface area contributed by atoms with Crippen LogP contribution in [0.15, 0.2) is 23.0 Å². The van der Waals surface area contributed by atoms with Crippen LogP contribution >= 0.6 is 28.4 Å². The van der Waals surface area contributed by atoms with Crippen LogP contribution < -0.4 is 15.2 Å². The molecule has 0 saturated carbocycles. The van der Waals surface area contributed by atoms with E-state index in [9.17, 15) is 4.79 Å². The Bertz CT molecular complexity index is 1140. The normalized spacial score (nSPS) is 16.2. The van der Waals surface area contributed by atoms with Crippen LogP contribution in [0.1, 0.15) is 25.8 Å². The lowest BCUT2D eigenvalue weighted by Gasteiger charge is -2.28. The van der Waals surface area contributed by atoms with Gasteiger partial charge in [0, 0.05) is 31.1 Å². The lowest BCUT2D eigenvalue weighted by Crippen LogP contribution is -2.40. The van der Waals surface area contributed by atoms with Gasteiger partial charge in [0.15, 0.2) is 0 Å². The maximum atomic E-state index is 12.8. The van der Waals surface area contributed by atoms with Crippen LogP contribution in [0.5, 0.6) is 5.75 Å². The van der Waals surface area contributed by atoms with E-state index >= 15 is 0 Å². The van der Waals surface area contributed by atoms with Crippen molar-refractivity contribution in [1.29, 1.82) is 0 Å². The molecule has 8 nitrogen and oxygen atoms in total. The van der Waals surface area contributed by atoms with Gasteiger partial charge >= 0.3 is 0 Å². The summed E-state index contributed by atoms with van der Waals surface area (Å²) in [6, 6.07) is 6.01. The molecule has 0 amide bonds. The number of anilines is 1. The molecule has 2 aliphatic heterocycles. The van der Waals surface area contributed by atoms with Crippen LogP contribution in [0.3, 0.4) is 0 Å². The van der Waals surface area contributed by atoms with Crippen molar-refractivity contribution in [1.82, 2.24) is 19.3 Å². The van der Waals surface area contributed by atoms with Crippen molar-refractivity contribution >= 4 is 45.0 Å². The Morgan fingerprint density at radius 2 is 1.90 bits per heavy atom. The van der Waals surface area contributed by atoms with Crippen LogP contribution in [0.25, 0.3) is 22.3 Å². The second-order valence-electron chi connectivity index (χ2n) is 7.18. The molecule has 0 bridgehead atoms. The predicted octanol–water partition coefficient (Wildman–Crippen LogP) is 3.78. The van der Waals surface area contributed by atoms with E-state index in [0.717, 1.165) is 41.8 Å². The molecule has 4 heterocycles. The quantitative estimate of drug-likeness (QED) is 0.362. The van der Waals surface area contributed by atoms with Crippen LogP contribution in [-0.4, -0.2) is 52.2 Å². The third-order valence-electron chi connectivity index (χ3n) is 5.46. The molecule has 31 heavy (non-hydrogen) atoms. The van der Waals surface area contributed by atoms with Gasteiger partial charge in [0.25, 0.3) is 5.56 Å². The lowest BCUT2D eigenvalue weighted by atomic mass is 9.99. The Morgan fingerprint density at radius 1 is 1.13 bits per heavy atom. The summed E-state index contributed by atoms with van der Waals surface area (Å²) >= 11 is 2.34. The van der Waals surface area contributed by atoms with E-state index in [1.165, 1.54) is 10.2 Å². The van der Waals surface area contributed by atoms with Gasteiger partial charge < -0.3 is 14.4 Å². The van der Waals surface area contributed by atoms with Crippen molar-refractivity contribution in [2.24, 2.45) is 7.05 Å². The second kappa shape index (κ2) is 9.83. The molecular formula is C21H27IN5O3P. The first-order valence-electron chi connectivity index (χ1n) is 10.6. The number of hydrogen-bond donors (Lipinski definition) is 0. The maximum Gasteiger partial charge on any atom is 0.290 e. The number of halogens is 1. The molecule has 1 fully saturated rings. The van der Waals surface area contributed by atoms with E-state index in [2.05, 4.69) is 38.1 Å². The molecule has 5 rings (SSSR count). The monoisotopic (exact) mass is 555 g/mol. The van der Waals surface area contributed by atoms with Gasteiger partial charge in [-0.05, 0) is 53.1 Å². The van der Waals surface area contributed by atoms with Gasteiger partial charge in [-0.2, -0.15) is 10.2 Å². The summed E-state index contributed by atoms with van der Waals surface area (Å²) in [7, 11) is 1.70. The Kier molecular flexibility index (Phi) is 7.13. The minimum absolute atomic E-state index is 0.0967. The largest absolute Gasteiger partial charge is 0.493 e. The van der Waals surface area contributed by atoms with E-state index in [4.69, 9.17) is 14.6 Å². The number of morpholine rings is 1. The van der Waals surface area contributed by atoms with Crippen LogP contribution in [0.4, 0.5) is 5.69 Å². The average Bonchev–Trinajstić information content (AvgIpc) is 3.22. The summed E-state index contributed by atoms with van der Waals surface area (Å²) in [5, 5.41) is 10.6. The van der Waals surface area contributed by atoms with E-state index in [1.807, 2.05) is 30.4 Å². The molecule has 0 N–H and O–H groups in total. The first kappa shape index (κ1) is 22.5. The van der Waals surface area contributed by atoms with Gasteiger partial charge in [-0.25, -0.2) is 9.13 Å². The fraction of sp³-hybridized carbons (Fsp3) is 0.476. The highest BCUT2D eigenvalue weighted by atomic mass is 127. The number of fused-ring (bicyclic) bond motifs is 3. The second-order valence-corrected chi connectivity index (χ2v) is 9.22. The van der Waals surface area contributed by atoms with Crippen molar-refractivity contribution in [2.45, 2.75) is 26.7 Å². The van der Waals surface area contributed by atoms with Crippen molar-refractivity contribution in [3.05, 3.63) is 34.1 Å². The minimum atomic E-state index is -0.0967. The number of hydrogen-bond acceptors (Lipinski definition) is 6. The SMILES string of the molecule is CC.Cn1nc(-c2nn(PI)c3ccc4c(c23)CCCO4)cc(N2CCOCC2)c1=O. The van der Waals surface area contributed by atoms with Crippen molar-refractivity contribution in [3.8, 4) is 17.1 Å². The molecule has 0 radical (unpaired) electrons. The Balaban J connectivity index is 0.00000112. The summed E-state index contributed by atoms with van der Waals surface area (Å²) < 4.78 is 14.8. The van der Waals surface area contributed by atoms with Crippen molar-refractivity contribution in [2.75, 3.05) is 37.8 Å². The summed E-state index contributed by atoms with van der Waals surface area (Å²) in [4.78, 5) is 14.9. The topological polar surface area (TPSA) is 74.4 Å². The van der Waals surface area contributed by atoms with Gasteiger partial charge in [0.05, 0.1) is 31.7 Å². The standard InChI is InChI=1S/C19H21IN5O3P.C2H6/c1-23-19(26)15(24-6-9-27-10-7-24)11-13(21-23)18-17-12-3-2-8-28-16(12)5-4-14(17)25(22-18)29-20;1-2/h4-5,11,29H,2-3,6-10H2,1H3;1-2H3. The molecule has 1 saturated heterocycles. The highest BCUT2D eigenvalue weighted by Crippen LogP contribution is 2.41. The summed E-state index contributed by atoms with van der Waals surface area (Å²) in [6.07, 6.45) is 2.42. The molecule has 1 atom stereocenters. The fourth-order valence-corrected chi connectivity index (χ4v) is 5.58. The highest BCUT2D eigenvalue weighted by Gasteiger charge is 2.24. The van der Waals surface area contributed by atoms with Crippen LogP contribution in [0.2, 0.25) is 0 Å². The van der Waals surface area contributed by atoms with Crippen LogP contribution in [-0.2, 0) is 18.2 Å². The zero-order valence-electron chi connectivity index (χ0n) is 18.0. The number of nitrogens with zero attached hydrogens (tertiary/aromatic N) is 5. The van der Waals surface area contributed by atoms with Gasteiger partial charge in [0.1, 0.15) is 22.8 Å². The number of rotatable bonds is 3. The third kappa shape index (κ3) is 4.19.